The van der Waals surface area contributed by atoms with Crippen LogP contribution >= 0.6 is 0 Å². The zero-order valence-corrected chi connectivity index (χ0v) is 8.25. The molecule has 0 aliphatic rings. The van der Waals surface area contributed by atoms with Crippen LogP contribution in [0, 0.1) is 12.7 Å². The Morgan fingerprint density at radius 3 is 2.67 bits per heavy atom. The van der Waals surface area contributed by atoms with Crippen molar-refractivity contribution in [1.82, 2.24) is 4.98 Å². The topological polar surface area (TPSA) is 32.9 Å². The molecule has 0 unspecified atom stereocenters. The molecule has 0 spiro atoms. The fraction of sp³-hybridized carbons (Fsp3) is 0.0833. The molecule has 0 amide bonds. The van der Waals surface area contributed by atoms with Crippen molar-refractivity contribution in [3.8, 4) is 11.1 Å². The van der Waals surface area contributed by atoms with Crippen LogP contribution in [0.5, 0.6) is 0 Å². The second-order valence-electron chi connectivity index (χ2n) is 3.35. The van der Waals surface area contributed by atoms with Gasteiger partial charge in [-0.1, -0.05) is 12.1 Å². The maximum absolute atomic E-state index is 13.3. The zero-order valence-electron chi connectivity index (χ0n) is 8.25. The van der Waals surface area contributed by atoms with Crippen LogP contribution < -0.4 is 5.56 Å². The summed E-state index contributed by atoms with van der Waals surface area (Å²) in [5.74, 6) is -0.237. The average Bonchev–Trinajstić information content (AvgIpc) is 2.24. The van der Waals surface area contributed by atoms with Gasteiger partial charge < -0.3 is 4.98 Å². The number of pyridine rings is 1. The summed E-state index contributed by atoms with van der Waals surface area (Å²) >= 11 is 0. The molecule has 0 atom stereocenters. The molecule has 76 valence electrons. The van der Waals surface area contributed by atoms with Crippen molar-refractivity contribution in [2.24, 2.45) is 0 Å². The molecule has 15 heavy (non-hydrogen) atoms. The van der Waals surface area contributed by atoms with E-state index >= 15 is 0 Å². The summed E-state index contributed by atoms with van der Waals surface area (Å²) in [5, 5.41) is 0. The molecule has 0 saturated heterocycles. The highest BCUT2D eigenvalue weighted by molar-refractivity contribution is 5.66. The Hall–Kier alpha value is -1.90. The minimum Gasteiger partial charge on any atom is -0.328 e. The molecule has 0 bridgehead atoms. The standard InChI is InChI=1S/C12H10FNO/c1-8-10(3-2-4-11(8)13)9-5-6-12(15)14-7-9/h2-7H,1H3,(H,14,15). The van der Waals surface area contributed by atoms with Gasteiger partial charge in [-0.05, 0) is 35.7 Å². The summed E-state index contributed by atoms with van der Waals surface area (Å²) in [6.45, 7) is 1.72. The largest absolute Gasteiger partial charge is 0.328 e. The van der Waals surface area contributed by atoms with Crippen molar-refractivity contribution in [2.45, 2.75) is 6.92 Å². The fourth-order valence-corrected chi connectivity index (χ4v) is 1.50. The first kappa shape index (κ1) is 9.65. The zero-order chi connectivity index (χ0) is 10.8. The molecule has 0 aliphatic carbocycles. The van der Waals surface area contributed by atoms with Gasteiger partial charge in [0.05, 0.1) is 0 Å². The van der Waals surface area contributed by atoms with E-state index in [0.717, 1.165) is 11.1 Å². The van der Waals surface area contributed by atoms with Crippen LogP contribution in [-0.4, -0.2) is 4.98 Å². The summed E-state index contributed by atoms with van der Waals surface area (Å²) in [7, 11) is 0. The Balaban J connectivity index is 2.59. The molecule has 0 saturated carbocycles. The smallest absolute Gasteiger partial charge is 0.247 e. The van der Waals surface area contributed by atoms with Gasteiger partial charge in [0.25, 0.3) is 0 Å². The molecule has 0 fully saturated rings. The predicted molar refractivity (Wildman–Crippen MR) is 57.2 cm³/mol. The summed E-state index contributed by atoms with van der Waals surface area (Å²) in [6, 6.07) is 8.01. The van der Waals surface area contributed by atoms with E-state index in [9.17, 15) is 9.18 Å². The molecule has 2 rings (SSSR count). The summed E-state index contributed by atoms with van der Waals surface area (Å²) < 4.78 is 13.3. The van der Waals surface area contributed by atoms with E-state index in [-0.39, 0.29) is 11.4 Å². The first-order valence-corrected chi connectivity index (χ1v) is 4.63. The third-order valence-electron chi connectivity index (χ3n) is 2.36. The van der Waals surface area contributed by atoms with E-state index in [4.69, 9.17) is 0 Å². The molecule has 0 aliphatic heterocycles. The highest BCUT2D eigenvalue weighted by Crippen LogP contribution is 2.23. The van der Waals surface area contributed by atoms with Gasteiger partial charge in [0.15, 0.2) is 0 Å². The summed E-state index contributed by atoms with van der Waals surface area (Å²) in [6.07, 6.45) is 1.59. The monoisotopic (exact) mass is 203 g/mol. The van der Waals surface area contributed by atoms with E-state index in [1.165, 1.54) is 12.1 Å². The molecule has 1 N–H and O–H groups in total. The van der Waals surface area contributed by atoms with Gasteiger partial charge >= 0.3 is 0 Å². The molecular formula is C12H10FNO. The maximum Gasteiger partial charge on any atom is 0.247 e. The highest BCUT2D eigenvalue weighted by Gasteiger charge is 2.05. The number of H-pyrrole nitrogens is 1. The Labute approximate surface area is 86.4 Å². The minimum atomic E-state index is -0.237. The normalized spacial score (nSPS) is 10.3. The van der Waals surface area contributed by atoms with Crippen LogP contribution in [0.4, 0.5) is 4.39 Å². The number of benzene rings is 1. The number of hydrogen-bond acceptors (Lipinski definition) is 1. The lowest BCUT2D eigenvalue weighted by Gasteiger charge is -2.05. The Morgan fingerprint density at radius 2 is 2.00 bits per heavy atom. The Kier molecular flexibility index (Phi) is 2.37. The van der Waals surface area contributed by atoms with Crippen LogP contribution in [-0.2, 0) is 0 Å². The number of aromatic amines is 1. The van der Waals surface area contributed by atoms with E-state index in [0.29, 0.717) is 5.56 Å². The van der Waals surface area contributed by atoms with Gasteiger partial charge in [-0.15, -0.1) is 0 Å². The summed E-state index contributed by atoms with van der Waals surface area (Å²) in [4.78, 5) is 13.4. The molecule has 3 heteroatoms. The van der Waals surface area contributed by atoms with E-state index in [1.807, 2.05) is 6.07 Å². The molecule has 2 aromatic rings. The second-order valence-corrected chi connectivity index (χ2v) is 3.35. The minimum absolute atomic E-state index is 0.159. The van der Waals surface area contributed by atoms with E-state index in [2.05, 4.69) is 4.98 Å². The van der Waals surface area contributed by atoms with Crippen molar-refractivity contribution in [3.63, 3.8) is 0 Å². The molecule has 0 radical (unpaired) electrons. The lowest BCUT2D eigenvalue weighted by molar-refractivity contribution is 0.619. The lowest BCUT2D eigenvalue weighted by Crippen LogP contribution is -2.01. The van der Waals surface area contributed by atoms with Gasteiger partial charge in [-0.25, -0.2) is 4.39 Å². The van der Waals surface area contributed by atoms with E-state index in [1.54, 1.807) is 25.3 Å². The van der Waals surface area contributed by atoms with Crippen LogP contribution in [0.2, 0.25) is 0 Å². The molecule has 1 heterocycles. The van der Waals surface area contributed by atoms with Gasteiger partial charge in [0, 0.05) is 12.3 Å². The molecule has 1 aromatic carbocycles. The quantitative estimate of drug-likeness (QED) is 0.758. The first-order chi connectivity index (χ1) is 7.18. The number of rotatable bonds is 1. The highest BCUT2D eigenvalue weighted by atomic mass is 19.1. The van der Waals surface area contributed by atoms with Crippen LogP contribution in [0.1, 0.15) is 5.56 Å². The van der Waals surface area contributed by atoms with Gasteiger partial charge in [-0.3, -0.25) is 4.79 Å². The summed E-state index contributed by atoms with van der Waals surface area (Å²) in [5.41, 5.74) is 2.04. The van der Waals surface area contributed by atoms with Gasteiger partial charge in [0.1, 0.15) is 5.82 Å². The Bertz CT molecular complexity index is 525. The predicted octanol–water partition coefficient (Wildman–Crippen LogP) is 2.49. The van der Waals surface area contributed by atoms with Gasteiger partial charge in [0.2, 0.25) is 5.56 Å². The molecule has 1 aromatic heterocycles. The van der Waals surface area contributed by atoms with Crippen molar-refractivity contribution < 1.29 is 4.39 Å². The average molecular weight is 203 g/mol. The fourth-order valence-electron chi connectivity index (χ4n) is 1.50. The van der Waals surface area contributed by atoms with Crippen molar-refractivity contribution >= 4 is 0 Å². The number of halogens is 1. The van der Waals surface area contributed by atoms with Crippen LogP contribution in [0.15, 0.2) is 41.3 Å². The van der Waals surface area contributed by atoms with Crippen LogP contribution in [0.25, 0.3) is 11.1 Å². The first-order valence-electron chi connectivity index (χ1n) is 4.63. The molecule has 2 nitrogen and oxygen atoms in total. The van der Waals surface area contributed by atoms with Crippen LogP contribution in [0.3, 0.4) is 0 Å². The second kappa shape index (κ2) is 3.69. The SMILES string of the molecule is Cc1c(F)cccc1-c1ccc(=O)[nH]c1. The molecular weight excluding hydrogens is 193 g/mol. The van der Waals surface area contributed by atoms with Crippen molar-refractivity contribution in [1.29, 1.82) is 0 Å². The third-order valence-corrected chi connectivity index (χ3v) is 2.36. The van der Waals surface area contributed by atoms with Gasteiger partial charge in [-0.2, -0.15) is 0 Å². The Morgan fingerprint density at radius 1 is 1.20 bits per heavy atom. The number of hydrogen-bond donors (Lipinski definition) is 1. The number of nitrogens with one attached hydrogen (secondary N) is 1. The third kappa shape index (κ3) is 1.81. The van der Waals surface area contributed by atoms with E-state index < -0.39 is 0 Å². The number of aromatic nitrogens is 1. The maximum atomic E-state index is 13.3. The lowest BCUT2D eigenvalue weighted by atomic mass is 10.0. The van der Waals surface area contributed by atoms with Crippen molar-refractivity contribution in [3.05, 3.63) is 58.3 Å². The van der Waals surface area contributed by atoms with Crippen molar-refractivity contribution in [2.75, 3.05) is 0 Å².